The number of hydrogen-bond acceptors (Lipinski definition) is 3. The molecule has 4 rings (SSSR count). The summed E-state index contributed by atoms with van der Waals surface area (Å²) in [5.41, 5.74) is -0.665. The predicted octanol–water partition coefficient (Wildman–Crippen LogP) is 3.98. The van der Waals surface area contributed by atoms with Gasteiger partial charge in [-0.05, 0) is 47.9 Å². The van der Waals surface area contributed by atoms with Gasteiger partial charge in [-0.25, -0.2) is 4.68 Å². The SMILES string of the molecule is O=C(Nc1ccc(-n2nccc2C(F)(F)F)cc1)c1cc2ccccc2c(=O)[nH]1. The number of nitrogens with zero attached hydrogens (tertiary/aromatic N) is 2. The van der Waals surface area contributed by atoms with E-state index >= 15 is 0 Å². The molecule has 0 saturated heterocycles. The molecule has 2 heterocycles. The summed E-state index contributed by atoms with van der Waals surface area (Å²) in [6.45, 7) is 0. The summed E-state index contributed by atoms with van der Waals surface area (Å²) in [6, 6.07) is 15.0. The molecule has 2 aromatic carbocycles. The van der Waals surface area contributed by atoms with Crippen LogP contribution in [0.2, 0.25) is 0 Å². The van der Waals surface area contributed by atoms with Gasteiger partial charge in [-0.15, -0.1) is 0 Å². The average Bonchev–Trinajstić information content (AvgIpc) is 3.19. The molecule has 9 heteroatoms. The monoisotopic (exact) mass is 398 g/mol. The minimum absolute atomic E-state index is 0.0733. The molecule has 2 N–H and O–H groups in total. The average molecular weight is 398 g/mol. The number of anilines is 1. The van der Waals surface area contributed by atoms with Crippen molar-refractivity contribution in [3.05, 3.63) is 88.6 Å². The highest BCUT2D eigenvalue weighted by molar-refractivity contribution is 6.04. The Bertz CT molecular complexity index is 1260. The first-order valence-corrected chi connectivity index (χ1v) is 8.48. The number of aromatic nitrogens is 3. The number of H-pyrrole nitrogens is 1. The molecule has 0 unspecified atom stereocenters. The molecule has 0 radical (unpaired) electrons. The molecule has 0 atom stereocenters. The number of rotatable bonds is 3. The minimum atomic E-state index is -4.54. The van der Waals surface area contributed by atoms with Crippen LogP contribution in [0.4, 0.5) is 18.9 Å². The molecule has 0 saturated carbocycles. The zero-order valence-electron chi connectivity index (χ0n) is 14.7. The Balaban J connectivity index is 1.58. The van der Waals surface area contributed by atoms with Crippen LogP contribution < -0.4 is 10.9 Å². The molecule has 2 aromatic heterocycles. The molecule has 0 aliphatic rings. The van der Waals surface area contributed by atoms with Crippen LogP contribution in [0.25, 0.3) is 16.5 Å². The molecule has 0 aliphatic carbocycles. The van der Waals surface area contributed by atoms with Crippen molar-refractivity contribution in [3.63, 3.8) is 0 Å². The van der Waals surface area contributed by atoms with Gasteiger partial charge in [-0.2, -0.15) is 18.3 Å². The normalized spacial score (nSPS) is 11.6. The first-order valence-electron chi connectivity index (χ1n) is 8.48. The van der Waals surface area contributed by atoms with Gasteiger partial charge >= 0.3 is 6.18 Å². The molecule has 6 nitrogen and oxygen atoms in total. The van der Waals surface area contributed by atoms with Gasteiger partial charge in [0.2, 0.25) is 0 Å². The summed E-state index contributed by atoms with van der Waals surface area (Å²) >= 11 is 0. The van der Waals surface area contributed by atoms with E-state index in [1.54, 1.807) is 30.3 Å². The molecule has 0 spiro atoms. The zero-order valence-corrected chi connectivity index (χ0v) is 14.7. The van der Waals surface area contributed by atoms with E-state index in [1.165, 1.54) is 24.3 Å². The first kappa shape index (κ1) is 18.5. The highest BCUT2D eigenvalue weighted by Gasteiger charge is 2.35. The fourth-order valence-corrected chi connectivity index (χ4v) is 2.94. The Labute approximate surface area is 161 Å². The molecular formula is C20H13F3N4O2. The van der Waals surface area contributed by atoms with Gasteiger partial charge < -0.3 is 10.3 Å². The lowest BCUT2D eigenvalue weighted by Gasteiger charge is -2.11. The quantitative estimate of drug-likeness (QED) is 0.548. The van der Waals surface area contributed by atoms with E-state index in [2.05, 4.69) is 15.4 Å². The van der Waals surface area contributed by atoms with Crippen molar-refractivity contribution < 1.29 is 18.0 Å². The molecule has 4 aromatic rings. The number of carbonyl (C=O) groups is 1. The van der Waals surface area contributed by atoms with Gasteiger partial charge in [0.05, 0.1) is 11.9 Å². The minimum Gasteiger partial charge on any atom is -0.321 e. The summed E-state index contributed by atoms with van der Waals surface area (Å²) < 4.78 is 39.8. The Morgan fingerprint density at radius 2 is 1.76 bits per heavy atom. The van der Waals surface area contributed by atoms with E-state index in [9.17, 15) is 22.8 Å². The van der Waals surface area contributed by atoms with Crippen molar-refractivity contribution >= 4 is 22.4 Å². The lowest BCUT2D eigenvalue weighted by atomic mass is 10.1. The number of pyridine rings is 1. The van der Waals surface area contributed by atoms with Crippen LogP contribution in [0.15, 0.2) is 71.7 Å². The second kappa shape index (κ2) is 6.93. The van der Waals surface area contributed by atoms with Crippen molar-refractivity contribution in [1.29, 1.82) is 0 Å². The third kappa shape index (κ3) is 3.62. The van der Waals surface area contributed by atoms with Crippen molar-refractivity contribution in [2.45, 2.75) is 6.18 Å². The fraction of sp³-hybridized carbons (Fsp3) is 0.0500. The number of fused-ring (bicyclic) bond motifs is 1. The first-order chi connectivity index (χ1) is 13.8. The van der Waals surface area contributed by atoms with Crippen molar-refractivity contribution in [2.75, 3.05) is 5.32 Å². The molecular weight excluding hydrogens is 385 g/mol. The number of carbonyl (C=O) groups excluding carboxylic acids is 1. The smallest absolute Gasteiger partial charge is 0.321 e. The Kier molecular flexibility index (Phi) is 4.42. The number of halogens is 3. The van der Waals surface area contributed by atoms with Crippen molar-refractivity contribution in [1.82, 2.24) is 14.8 Å². The van der Waals surface area contributed by atoms with E-state index in [4.69, 9.17) is 0 Å². The second-order valence-electron chi connectivity index (χ2n) is 6.23. The zero-order chi connectivity index (χ0) is 20.6. The van der Waals surface area contributed by atoms with Gasteiger partial charge in [0.25, 0.3) is 11.5 Å². The van der Waals surface area contributed by atoms with E-state index in [0.717, 1.165) is 16.9 Å². The number of benzene rings is 2. The standard InChI is InChI=1S/C20H13F3N4O2/c21-20(22,23)17-9-10-24-27(17)14-7-5-13(6-8-14)25-19(29)16-11-12-3-1-2-4-15(12)18(28)26-16/h1-11H,(H,25,29)(H,26,28). The number of hydrogen-bond donors (Lipinski definition) is 2. The highest BCUT2D eigenvalue weighted by Crippen LogP contribution is 2.30. The summed E-state index contributed by atoms with van der Waals surface area (Å²) in [7, 11) is 0. The van der Waals surface area contributed by atoms with Crippen LogP contribution in [0.1, 0.15) is 16.2 Å². The van der Waals surface area contributed by atoms with Crippen molar-refractivity contribution in [2.24, 2.45) is 0 Å². The van der Waals surface area contributed by atoms with Gasteiger partial charge in [0.15, 0.2) is 0 Å². The molecule has 0 fully saturated rings. The highest BCUT2D eigenvalue weighted by atomic mass is 19.4. The molecule has 146 valence electrons. The number of alkyl halides is 3. The van der Waals surface area contributed by atoms with Crippen LogP contribution in [0, 0.1) is 0 Å². The molecule has 29 heavy (non-hydrogen) atoms. The summed E-state index contributed by atoms with van der Waals surface area (Å²) in [5, 5.41) is 7.39. The largest absolute Gasteiger partial charge is 0.433 e. The maximum absolute atomic E-state index is 13.0. The van der Waals surface area contributed by atoms with Gasteiger partial charge in [-0.3, -0.25) is 9.59 Å². The summed E-state index contributed by atoms with van der Waals surface area (Å²) in [4.78, 5) is 27.1. The van der Waals surface area contributed by atoms with E-state index in [1.807, 2.05) is 0 Å². The van der Waals surface area contributed by atoms with E-state index in [0.29, 0.717) is 16.5 Å². The van der Waals surface area contributed by atoms with Gasteiger partial charge in [0, 0.05) is 11.1 Å². The van der Waals surface area contributed by atoms with Gasteiger partial charge in [0.1, 0.15) is 11.4 Å². The Morgan fingerprint density at radius 1 is 1.03 bits per heavy atom. The van der Waals surface area contributed by atoms with Crippen molar-refractivity contribution in [3.8, 4) is 5.69 Å². The van der Waals surface area contributed by atoms with Crippen LogP contribution in [0.3, 0.4) is 0 Å². The predicted molar refractivity (Wildman–Crippen MR) is 101 cm³/mol. The van der Waals surface area contributed by atoms with Crippen LogP contribution in [-0.2, 0) is 6.18 Å². The van der Waals surface area contributed by atoms with E-state index in [-0.39, 0.29) is 16.9 Å². The lowest BCUT2D eigenvalue weighted by molar-refractivity contribution is -0.142. The molecule has 0 aliphatic heterocycles. The number of amides is 1. The lowest BCUT2D eigenvalue weighted by Crippen LogP contribution is -2.19. The third-order valence-corrected chi connectivity index (χ3v) is 4.30. The third-order valence-electron chi connectivity index (χ3n) is 4.30. The summed E-state index contributed by atoms with van der Waals surface area (Å²) in [5.74, 6) is -0.546. The van der Waals surface area contributed by atoms with Crippen LogP contribution in [-0.4, -0.2) is 20.7 Å². The van der Waals surface area contributed by atoms with Crippen LogP contribution >= 0.6 is 0 Å². The van der Waals surface area contributed by atoms with Crippen LogP contribution in [0.5, 0.6) is 0 Å². The maximum atomic E-state index is 13.0. The van der Waals surface area contributed by atoms with Gasteiger partial charge in [-0.1, -0.05) is 18.2 Å². The number of nitrogens with one attached hydrogen (secondary N) is 2. The Morgan fingerprint density at radius 3 is 2.48 bits per heavy atom. The molecule has 0 bridgehead atoms. The second-order valence-corrected chi connectivity index (χ2v) is 6.23. The molecule has 1 amide bonds. The van der Waals surface area contributed by atoms with E-state index < -0.39 is 17.8 Å². The topological polar surface area (TPSA) is 79.8 Å². The number of aromatic amines is 1. The Hall–Kier alpha value is -3.88. The fourth-order valence-electron chi connectivity index (χ4n) is 2.94. The summed E-state index contributed by atoms with van der Waals surface area (Å²) in [6.07, 6.45) is -3.47. The maximum Gasteiger partial charge on any atom is 0.433 e.